The third kappa shape index (κ3) is 4.31. The normalized spacial score (nSPS) is 13.3. The molecule has 32 heavy (non-hydrogen) atoms. The summed E-state index contributed by atoms with van der Waals surface area (Å²) in [6, 6.07) is 12.8. The molecule has 166 valence electrons. The van der Waals surface area contributed by atoms with E-state index >= 15 is 0 Å². The molecule has 3 aromatic rings. The average molecular weight is 548 g/mol. The molecule has 0 spiro atoms. The molecule has 1 heterocycles. The number of nitrogens with zero attached hydrogens (tertiary/aromatic N) is 2. The zero-order valence-corrected chi connectivity index (χ0v) is 19.1. The number of nitriles is 1. The van der Waals surface area contributed by atoms with Crippen molar-refractivity contribution in [2.45, 2.75) is 18.8 Å². The first-order chi connectivity index (χ1) is 14.9. The van der Waals surface area contributed by atoms with Crippen molar-refractivity contribution < 1.29 is 27.8 Å². The number of alkyl halides is 3. The molecule has 1 atom stereocenters. The minimum atomic E-state index is -5.03. The van der Waals surface area contributed by atoms with Crippen molar-refractivity contribution in [3.05, 3.63) is 74.3 Å². The maximum absolute atomic E-state index is 14.2. The Morgan fingerprint density at radius 2 is 1.59 bits per heavy atom. The largest absolute Gasteiger partial charge is 0.477 e. The number of aliphatic carboxylic acids is 1. The Labute approximate surface area is 198 Å². The van der Waals surface area contributed by atoms with Gasteiger partial charge in [-0.3, -0.25) is 4.57 Å². The highest BCUT2D eigenvalue weighted by atomic mass is 79.9. The topological polar surface area (TPSA) is 75.2 Å². The predicted octanol–water partition coefficient (Wildman–Crippen LogP) is 6.95. The fraction of sp³-hybridized carbons (Fsp3) is 0.143. The number of rotatable bonds is 5. The first-order valence-corrected chi connectivity index (χ1v) is 10.3. The van der Waals surface area contributed by atoms with E-state index in [1.54, 1.807) is 6.07 Å². The molecule has 0 aliphatic carbocycles. The van der Waals surface area contributed by atoms with Crippen LogP contribution in [0.2, 0.25) is 10.0 Å². The number of ether oxygens (including phenoxy) is 1. The van der Waals surface area contributed by atoms with E-state index in [0.29, 0.717) is 14.6 Å². The molecule has 3 rings (SSSR count). The molecule has 1 unspecified atom stereocenters. The molecule has 2 aromatic carbocycles. The van der Waals surface area contributed by atoms with Crippen LogP contribution in [0.4, 0.5) is 13.2 Å². The summed E-state index contributed by atoms with van der Waals surface area (Å²) in [5.41, 5.74) is -4.58. The zero-order chi connectivity index (χ0) is 23.8. The number of hydrogen-bond donors (Lipinski definition) is 1. The van der Waals surface area contributed by atoms with Gasteiger partial charge in [-0.1, -0.05) is 35.3 Å². The Morgan fingerprint density at radius 3 is 2.03 bits per heavy atom. The van der Waals surface area contributed by atoms with Crippen LogP contribution in [-0.4, -0.2) is 15.6 Å². The van der Waals surface area contributed by atoms with Crippen LogP contribution < -0.4 is 4.74 Å². The number of carboxylic acids is 1. The SMILES string of the molecule is CC(Oc1ccc(Cl)cc1)(C(=O)O)n1c(-c2ccc(Cl)cc2)c(C#N)c(Br)c1C(F)(F)F. The lowest BCUT2D eigenvalue weighted by molar-refractivity contribution is -0.170. The van der Waals surface area contributed by atoms with Gasteiger partial charge >= 0.3 is 12.1 Å². The second-order valence-corrected chi connectivity index (χ2v) is 8.35. The number of hydrogen-bond acceptors (Lipinski definition) is 3. The van der Waals surface area contributed by atoms with Crippen LogP contribution >= 0.6 is 39.1 Å². The van der Waals surface area contributed by atoms with E-state index in [2.05, 4.69) is 15.9 Å². The predicted molar refractivity (Wildman–Crippen MR) is 116 cm³/mol. The summed E-state index contributed by atoms with van der Waals surface area (Å²) in [5, 5.41) is 20.3. The molecule has 0 amide bonds. The lowest BCUT2D eigenvalue weighted by Crippen LogP contribution is -2.46. The van der Waals surface area contributed by atoms with Crippen LogP contribution in [0.25, 0.3) is 11.3 Å². The van der Waals surface area contributed by atoms with Crippen LogP contribution in [0.5, 0.6) is 5.75 Å². The van der Waals surface area contributed by atoms with E-state index in [1.165, 1.54) is 48.5 Å². The number of halogens is 6. The second kappa shape index (κ2) is 8.70. The Bertz CT molecular complexity index is 1220. The van der Waals surface area contributed by atoms with Gasteiger partial charge in [0, 0.05) is 17.0 Å². The van der Waals surface area contributed by atoms with Crippen molar-refractivity contribution in [1.29, 1.82) is 5.26 Å². The second-order valence-electron chi connectivity index (χ2n) is 6.68. The average Bonchev–Trinajstić information content (AvgIpc) is 3.03. The van der Waals surface area contributed by atoms with Crippen molar-refractivity contribution in [3.8, 4) is 23.1 Å². The highest BCUT2D eigenvalue weighted by Gasteiger charge is 2.50. The molecule has 11 heteroatoms. The van der Waals surface area contributed by atoms with Gasteiger partial charge in [-0.05, 0) is 57.9 Å². The van der Waals surface area contributed by atoms with Gasteiger partial charge < -0.3 is 9.84 Å². The molecule has 0 bridgehead atoms. The number of carboxylic acid groups (broad SMARTS) is 1. The van der Waals surface area contributed by atoms with E-state index in [4.69, 9.17) is 27.9 Å². The molecule has 5 nitrogen and oxygen atoms in total. The summed E-state index contributed by atoms with van der Waals surface area (Å²) in [5.74, 6) is -1.77. The molecule has 0 saturated heterocycles. The van der Waals surface area contributed by atoms with Gasteiger partial charge in [0.2, 0.25) is 0 Å². The van der Waals surface area contributed by atoms with Crippen LogP contribution in [0.15, 0.2) is 53.0 Å². The summed E-state index contributed by atoms with van der Waals surface area (Å²) in [6.45, 7) is 0.964. The van der Waals surface area contributed by atoms with Crippen molar-refractivity contribution in [1.82, 2.24) is 4.57 Å². The van der Waals surface area contributed by atoms with Gasteiger partial charge in [-0.2, -0.15) is 18.4 Å². The Balaban J connectivity index is 2.42. The molecule has 1 aromatic heterocycles. The maximum Gasteiger partial charge on any atom is 0.432 e. The number of aromatic nitrogens is 1. The highest BCUT2D eigenvalue weighted by Crippen LogP contribution is 2.46. The smallest absolute Gasteiger partial charge is 0.432 e. The van der Waals surface area contributed by atoms with E-state index in [-0.39, 0.29) is 17.0 Å². The van der Waals surface area contributed by atoms with E-state index in [9.17, 15) is 28.3 Å². The Morgan fingerprint density at radius 1 is 1.09 bits per heavy atom. The minimum absolute atomic E-state index is 0.0437. The molecular formula is C21H12BrCl2F3N2O3. The number of benzene rings is 2. The fourth-order valence-electron chi connectivity index (χ4n) is 3.12. The quantitative estimate of drug-likeness (QED) is 0.375. The van der Waals surface area contributed by atoms with Crippen molar-refractivity contribution >= 4 is 45.1 Å². The summed E-state index contributed by atoms with van der Waals surface area (Å²) in [7, 11) is 0. The lowest BCUT2D eigenvalue weighted by atomic mass is 10.1. The van der Waals surface area contributed by atoms with Gasteiger partial charge in [0.15, 0.2) is 0 Å². The van der Waals surface area contributed by atoms with Crippen molar-refractivity contribution in [2.75, 3.05) is 0 Å². The van der Waals surface area contributed by atoms with E-state index in [1.807, 2.05) is 0 Å². The molecule has 0 aliphatic heterocycles. The molecule has 0 radical (unpaired) electrons. The molecule has 0 fully saturated rings. The maximum atomic E-state index is 14.2. The van der Waals surface area contributed by atoms with Crippen LogP contribution in [-0.2, 0) is 16.7 Å². The van der Waals surface area contributed by atoms with Crippen LogP contribution in [0, 0.1) is 11.3 Å². The third-order valence-electron chi connectivity index (χ3n) is 4.56. The van der Waals surface area contributed by atoms with Crippen molar-refractivity contribution in [3.63, 3.8) is 0 Å². The fourth-order valence-corrected chi connectivity index (χ4v) is 4.05. The molecule has 0 aliphatic rings. The van der Waals surface area contributed by atoms with E-state index < -0.39 is 33.6 Å². The summed E-state index contributed by atoms with van der Waals surface area (Å²) < 4.78 is 47.9. The number of carbonyl (C=O) groups is 1. The summed E-state index contributed by atoms with van der Waals surface area (Å²) in [4.78, 5) is 12.4. The third-order valence-corrected chi connectivity index (χ3v) is 5.84. The van der Waals surface area contributed by atoms with Crippen LogP contribution in [0.1, 0.15) is 18.2 Å². The Kier molecular flexibility index (Phi) is 6.52. The van der Waals surface area contributed by atoms with Gasteiger partial charge in [-0.15, -0.1) is 0 Å². The lowest BCUT2D eigenvalue weighted by Gasteiger charge is -2.32. The standard InChI is InChI=1S/C21H12BrCl2F3N2O3/c1-20(19(30)31,32-14-8-6-13(24)7-9-14)29-17(11-2-4-12(23)5-3-11)15(10-28)16(22)18(29)21(25,26)27/h2-9H,1H3,(H,30,31). The zero-order valence-electron chi connectivity index (χ0n) is 16.0. The Hall–Kier alpha value is -2.67. The highest BCUT2D eigenvalue weighted by molar-refractivity contribution is 9.10. The monoisotopic (exact) mass is 546 g/mol. The van der Waals surface area contributed by atoms with Crippen LogP contribution in [0.3, 0.4) is 0 Å². The summed E-state index contributed by atoms with van der Waals surface area (Å²) in [6.07, 6.45) is -5.03. The van der Waals surface area contributed by atoms with E-state index in [0.717, 1.165) is 6.92 Å². The first-order valence-electron chi connectivity index (χ1n) is 8.76. The van der Waals surface area contributed by atoms with Gasteiger partial charge in [0.05, 0.1) is 15.7 Å². The first kappa shape index (κ1) is 24.0. The molecule has 1 N–H and O–H groups in total. The van der Waals surface area contributed by atoms with Gasteiger partial charge in [0.1, 0.15) is 17.5 Å². The van der Waals surface area contributed by atoms with Crippen molar-refractivity contribution in [2.24, 2.45) is 0 Å². The summed E-state index contributed by atoms with van der Waals surface area (Å²) >= 11 is 14.6. The minimum Gasteiger partial charge on any atom is -0.477 e. The molecule has 0 saturated carbocycles. The molecular weight excluding hydrogens is 536 g/mol. The van der Waals surface area contributed by atoms with Gasteiger partial charge in [-0.25, -0.2) is 4.79 Å². The van der Waals surface area contributed by atoms with Gasteiger partial charge in [0.25, 0.3) is 5.72 Å².